The minimum Gasteiger partial charge on any atom is -0.486 e. The van der Waals surface area contributed by atoms with Gasteiger partial charge in [0, 0.05) is 11.3 Å². The zero-order valence-corrected chi connectivity index (χ0v) is 17.4. The Morgan fingerprint density at radius 2 is 1.90 bits per heavy atom. The van der Waals surface area contributed by atoms with Crippen LogP contribution in [0, 0.1) is 13.8 Å². The molecule has 4 rings (SSSR count). The number of benzene rings is 2. The van der Waals surface area contributed by atoms with Crippen LogP contribution in [0.15, 0.2) is 54.7 Å². The molecule has 2 heterocycles. The van der Waals surface area contributed by atoms with Crippen molar-refractivity contribution in [2.75, 3.05) is 13.2 Å². The van der Waals surface area contributed by atoms with Gasteiger partial charge in [0.25, 0.3) is 0 Å². The van der Waals surface area contributed by atoms with Crippen LogP contribution in [0.5, 0.6) is 11.5 Å². The lowest BCUT2D eigenvalue weighted by atomic mass is 10.1. The minimum atomic E-state index is -0.257. The molecule has 0 saturated carbocycles. The van der Waals surface area contributed by atoms with E-state index in [0.29, 0.717) is 18.9 Å². The molecule has 7 nitrogen and oxygen atoms in total. The molecule has 0 radical (unpaired) electrons. The van der Waals surface area contributed by atoms with Crippen LogP contribution in [-0.4, -0.2) is 35.1 Å². The van der Waals surface area contributed by atoms with Crippen molar-refractivity contribution >= 4 is 6.03 Å². The number of rotatable bonds is 5. The summed E-state index contributed by atoms with van der Waals surface area (Å²) in [7, 11) is 0. The average Bonchev–Trinajstić information content (AvgIpc) is 3.14. The largest absolute Gasteiger partial charge is 0.486 e. The summed E-state index contributed by atoms with van der Waals surface area (Å²) in [4.78, 5) is 12.4. The van der Waals surface area contributed by atoms with Crippen molar-refractivity contribution in [3.8, 4) is 17.2 Å². The first-order valence-corrected chi connectivity index (χ1v) is 10.1. The van der Waals surface area contributed by atoms with Gasteiger partial charge in [-0.2, -0.15) is 5.10 Å². The molecule has 2 aromatic carbocycles. The number of urea groups is 1. The third kappa shape index (κ3) is 4.25. The molecule has 0 fully saturated rings. The van der Waals surface area contributed by atoms with E-state index in [1.807, 2.05) is 54.9 Å². The van der Waals surface area contributed by atoms with Crippen LogP contribution in [0.1, 0.15) is 29.8 Å². The van der Waals surface area contributed by atoms with Gasteiger partial charge in [0.1, 0.15) is 6.61 Å². The Hall–Kier alpha value is -3.48. The number of carbonyl (C=O) groups is 1. The predicted molar refractivity (Wildman–Crippen MR) is 114 cm³/mol. The number of ether oxygens (including phenoxy) is 2. The second-order valence-electron chi connectivity index (χ2n) is 7.51. The SMILES string of the molecule is Cc1ccc(-n2ncc([C@@H](C)NC(=O)NC[C@H]3COc4ccccc4O3)c2C)cc1. The highest BCUT2D eigenvalue weighted by atomic mass is 16.6. The summed E-state index contributed by atoms with van der Waals surface area (Å²) in [5.74, 6) is 1.43. The number of para-hydroxylation sites is 2. The van der Waals surface area contributed by atoms with Crippen molar-refractivity contribution in [3.05, 3.63) is 71.5 Å². The summed E-state index contributed by atoms with van der Waals surface area (Å²) in [6.07, 6.45) is 1.57. The molecule has 0 unspecified atom stereocenters. The Bertz CT molecular complexity index is 1030. The quantitative estimate of drug-likeness (QED) is 0.678. The molecule has 0 bridgehead atoms. The molecule has 30 heavy (non-hydrogen) atoms. The number of fused-ring (bicyclic) bond motifs is 1. The summed E-state index contributed by atoms with van der Waals surface area (Å²) in [5, 5.41) is 10.3. The molecule has 1 aliphatic heterocycles. The van der Waals surface area contributed by atoms with Crippen LogP contribution in [0.2, 0.25) is 0 Å². The molecule has 1 aliphatic rings. The second kappa shape index (κ2) is 8.49. The summed E-state index contributed by atoms with van der Waals surface area (Å²) in [6, 6.07) is 15.3. The number of amides is 2. The third-order valence-electron chi connectivity index (χ3n) is 5.20. The van der Waals surface area contributed by atoms with E-state index >= 15 is 0 Å². The second-order valence-corrected chi connectivity index (χ2v) is 7.51. The molecule has 2 N–H and O–H groups in total. The van der Waals surface area contributed by atoms with E-state index < -0.39 is 0 Å². The molecular formula is C23H26N4O3. The van der Waals surface area contributed by atoms with Crippen LogP contribution < -0.4 is 20.1 Å². The number of carbonyl (C=O) groups excluding carboxylic acids is 1. The maximum atomic E-state index is 12.4. The van der Waals surface area contributed by atoms with Gasteiger partial charge in [-0.1, -0.05) is 29.8 Å². The molecule has 2 amide bonds. The Labute approximate surface area is 176 Å². The van der Waals surface area contributed by atoms with E-state index in [0.717, 1.165) is 22.7 Å². The van der Waals surface area contributed by atoms with Crippen molar-refractivity contribution in [2.45, 2.75) is 32.9 Å². The van der Waals surface area contributed by atoms with Crippen LogP contribution in [0.25, 0.3) is 5.69 Å². The first kappa shape index (κ1) is 19.8. The summed E-state index contributed by atoms with van der Waals surface area (Å²) < 4.78 is 13.4. The Kier molecular flexibility index (Phi) is 5.61. The normalized spacial score (nSPS) is 16.0. The minimum absolute atomic E-state index is 0.187. The fourth-order valence-electron chi connectivity index (χ4n) is 3.49. The van der Waals surface area contributed by atoms with Crippen LogP contribution in [0.4, 0.5) is 4.79 Å². The molecule has 7 heteroatoms. The Morgan fingerprint density at radius 1 is 1.17 bits per heavy atom. The van der Waals surface area contributed by atoms with Crippen molar-refractivity contribution in [1.82, 2.24) is 20.4 Å². The molecule has 1 aromatic heterocycles. The molecule has 0 aliphatic carbocycles. The van der Waals surface area contributed by atoms with Gasteiger partial charge in [0.2, 0.25) is 0 Å². The van der Waals surface area contributed by atoms with Crippen molar-refractivity contribution in [3.63, 3.8) is 0 Å². The number of nitrogens with one attached hydrogen (secondary N) is 2. The zero-order chi connectivity index (χ0) is 21.1. The fraction of sp³-hybridized carbons (Fsp3) is 0.304. The smallest absolute Gasteiger partial charge is 0.315 e. The lowest BCUT2D eigenvalue weighted by molar-refractivity contribution is 0.0917. The van der Waals surface area contributed by atoms with E-state index in [4.69, 9.17) is 9.47 Å². The van der Waals surface area contributed by atoms with Crippen LogP contribution in [0.3, 0.4) is 0 Å². The topological polar surface area (TPSA) is 77.4 Å². The van der Waals surface area contributed by atoms with Gasteiger partial charge in [-0.05, 0) is 45.0 Å². The standard InChI is InChI=1S/C23H26N4O3/c1-15-8-10-18(11-9-15)27-17(3)20(13-25-27)16(2)26-23(28)24-12-19-14-29-21-6-4-5-7-22(21)30-19/h4-11,13,16,19H,12,14H2,1-3H3,(H2,24,26,28)/t16-,19+/m1/s1. The molecular weight excluding hydrogens is 380 g/mol. The van der Waals surface area contributed by atoms with Gasteiger partial charge in [0.05, 0.1) is 24.5 Å². The molecule has 156 valence electrons. The highest BCUT2D eigenvalue weighted by Gasteiger charge is 2.22. The molecule has 0 spiro atoms. The van der Waals surface area contributed by atoms with Crippen molar-refractivity contribution in [2.24, 2.45) is 0 Å². The monoisotopic (exact) mass is 406 g/mol. The maximum absolute atomic E-state index is 12.4. The Balaban J connectivity index is 1.32. The predicted octanol–water partition coefficient (Wildman–Crippen LogP) is 3.69. The lowest BCUT2D eigenvalue weighted by Gasteiger charge is -2.26. The number of hydrogen-bond donors (Lipinski definition) is 2. The number of aryl methyl sites for hydroxylation is 1. The highest BCUT2D eigenvalue weighted by molar-refractivity contribution is 5.74. The average molecular weight is 406 g/mol. The van der Waals surface area contributed by atoms with E-state index in [9.17, 15) is 4.79 Å². The summed E-state index contributed by atoms with van der Waals surface area (Å²) in [6.45, 7) is 6.76. The van der Waals surface area contributed by atoms with Gasteiger partial charge >= 0.3 is 6.03 Å². The van der Waals surface area contributed by atoms with E-state index in [1.165, 1.54) is 5.56 Å². The third-order valence-corrected chi connectivity index (χ3v) is 5.20. The first-order valence-electron chi connectivity index (χ1n) is 10.1. The van der Waals surface area contributed by atoms with Crippen LogP contribution >= 0.6 is 0 Å². The van der Waals surface area contributed by atoms with Gasteiger partial charge in [0.15, 0.2) is 17.6 Å². The molecule has 2 atom stereocenters. The number of hydrogen-bond acceptors (Lipinski definition) is 4. The van der Waals surface area contributed by atoms with Gasteiger partial charge < -0.3 is 20.1 Å². The van der Waals surface area contributed by atoms with Gasteiger partial charge in [-0.25, -0.2) is 9.48 Å². The summed E-state index contributed by atoms with van der Waals surface area (Å²) in [5.41, 5.74) is 4.16. The van der Waals surface area contributed by atoms with E-state index in [-0.39, 0.29) is 18.2 Å². The fourth-order valence-corrected chi connectivity index (χ4v) is 3.49. The first-order chi connectivity index (χ1) is 14.5. The molecule has 3 aromatic rings. The zero-order valence-electron chi connectivity index (χ0n) is 17.4. The number of aromatic nitrogens is 2. The van der Waals surface area contributed by atoms with E-state index in [2.05, 4.69) is 34.8 Å². The van der Waals surface area contributed by atoms with Gasteiger partial charge in [-0.3, -0.25) is 0 Å². The van der Waals surface area contributed by atoms with Crippen LogP contribution in [-0.2, 0) is 0 Å². The number of nitrogens with zero attached hydrogens (tertiary/aromatic N) is 2. The van der Waals surface area contributed by atoms with Crippen molar-refractivity contribution in [1.29, 1.82) is 0 Å². The van der Waals surface area contributed by atoms with Crippen molar-refractivity contribution < 1.29 is 14.3 Å². The Morgan fingerprint density at radius 3 is 2.67 bits per heavy atom. The van der Waals surface area contributed by atoms with E-state index in [1.54, 1.807) is 6.20 Å². The van der Waals surface area contributed by atoms with Gasteiger partial charge in [-0.15, -0.1) is 0 Å². The molecule has 0 saturated heterocycles. The highest BCUT2D eigenvalue weighted by Crippen LogP contribution is 2.30. The summed E-state index contributed by atoms with van der Waals surface area (Å²) >= 11 is 0. The lowest BCUT2D eigenvalue weighted by Crippen LogP contribution is -2.45. The maximum Gasteiger partial charge on any atom is 0.315 e.